The summed E-state index contributed by atoms with van der Waals surface area (Å²) in [6.45, 7) is 6.56. The van der Waals surface area contributed by atoms with Gasteiger partial charge < -0.3 is 4.90 Å². The predicted molar refractivity (Wildman–Crippen MR) is 115 cm³/mol. The number of hydrogen-bond acceptors (Lipinski definition) is 4. The number of fused-ring (bicyclic) bond motifs is 2. The summed E-state index contributed by atoms with van der Waals surface area (Å²) in [5.74, 6) is 0.246. The molecule has 7 heteroatoms. The second-order valence-electron chi connectivity index (χ2n) is 9.41. The summed E-state index contributed by atoms with van der Waals surface area (Å²) in [7, 11) is 0. The van der Waals surface area contributed by atoms with Gasteiger partial charge in [0.15, 0.2) is 5.65 Å². The van der Waals surface area contributed by atoms with Gasteiger partial charge in [0, 0.05) is 44.1 Å². The van der Waals surface area contributed by atoms with Gasteiger partial charge in [-0.2, -0.15) is 0 Å². The molecule has 2 unspecified atom stereocenters. The maximum atomic E-state index is 13.3. The molecular formula is C23H33N5O2. The molecule has 162 valence electrons. The van der Waals surface area contributed by atoms with Crippen molar-refractivity contribution in [2.24, 2.45) is 5.92 Å². The monoisotopic (exact) mass is 411 g/mol. The van der Waals surface area contributed by atoms with Crippen molar-refractivity contribution in [1.82, 2.24) is 24.4 Å². The highest BCUT2D eigenvalue weighted by atomic mass is 16.2. The van der Waals surface area contributed by atoms with Gasteiger partial charge >= 0.3 is 0 Å². The van der Waals surface area contributed by atoms with Crippen LogP contribution in [0, 0.1) is 5.92 Å². The highest BCUT2D eigenvalue weighted by Gasteiger charge is 2.34. The van der Waals surface area contributed by atoms with Crippen LogP contribution in [0.4, 0.5) is 0 Å². The Hall–Kier alpha value is -2.15. The molecule has 2 aliphatic heterocycles. The number of nitrogens with one attached hydrogen (secondary N) is 1. The van der Waals surface area contributed by atoms with Crippen molar-refractivity contribution in [3.63, 3.8) is 0 Å². The fraction of sp³-hybridized carbons (Fsp3) is 0.696. The molecule has 4 heterocycles. The van der Waals surface area contributed by atoms with Gasteiger partial charge in [0.1, 0.15) is 0 Å². The quantitative estimate of drug-likeness (QED) is 0.839. The van der Waals surface area contributed by atoms with Gasteiger partial charge in [-0.25, -0.2) is 9.50 Å². The van der Waals surface area contributed by atoms with Crippen molar-refractivity contribution >= 4 is 11.6 Å². The van der Waals surface area contributed by atoms with E-state index >= 15 is 0 Å². The zero-order valence-corrected chi connectivity index (χ0v) is 18.2. The molecule has 1 aliphatic carbocycles. The summed E-state index contributed by atoms with van der Waals surface area (Å²) in [4.78, 5) is 35.5. The predicted octanol–water partition coefficient (Wildman–Crippen LogP) is 3.03. The molecule has 0 radical (unpaired) electrons. The number of amides is 1. The fourth-order valence-corrected chi connectivity index (χ4v) is 5.58. The van der Waals surface area contributed by atoms with Gasteiger partial charge in [0.05, 0.1) is 23.0 Å². The highest BCUT2D eigenvalue weighted by molar-refractivity contribution is 5.79. The zero-order valence-electron chi connectivity index (χ0n) is 18.2. The number of carbonyl (C=O) groups excluding carboxylic acids is 1. The third-order valence-electron chi connectivity index (χ3n) is 7.58. The molecule has 3 aliphatic rings. The van der Waals surface area contributed by atoms with Crippen LogP contribution >= 0.6 is 0 Å². The van der Waals surface area contributed by atoms with Crippen LogP contribution in [-0.2, 0) is 17.8 Å². The minimum Gasteiger partial charge on any atom is -0.334 e. The first-order valence-electron chi connectivity index (χ1n) is 11.7. The van der Waals surface area contributed by atoms with Crippen LogP contribution in [0.1, 0.15) is 81.8 Å². The highest BCUT2D eigenvalue weighted by Crippen LogP contribution is 2.33. The van der Waals surface area contributed by atoms with Crippen molar-refractivity contribution in [2.45, 2.75) is 83.8 Å². The first kappa shape index (κ1) is 19.8. The van der Waals surface area contributed by atoms with E-state index in [9.17, 15) is 9.59 Å². The number of H-pyrrole nitrogens is 1. The average Bonchev–Trinajstić information content (AvgIpc) is 3.52. The molecule has 7 nitrogen and oxygen atoms in total. The van der Waals surface area contributed by atoms with E-state index in [1.807, 2.05) is 17.9 Å². The Bertz CT molecular complexity index is 1000. The lowest BCUT2D eigenvalue weighted by Crippen LogP contribution is -2.41. The lowest BCUT2D eigenvalue weighted by atomic mass is 10.0. The zero-order chi connectivity index (χ0) is 20.8. The number of nitrogens with zero attached hydrogens (tertiary/aromatic N) is 4. The molecule has 0 spiro atoms. The van der Waals surface area contributed by atoms with Crippen LogP contribution in [-0.4, -0.2) is 49.4 Å². The molecular weight excluding hydrogens is 378 g/mol. The largest absolute Gasteiger partial charge is 0.334 e. The average molecular weight is 412 g/mol. The maximum Gasteiger partial charge on any atom is 0.277 e. The summed E-state index contributed by atoms with van der Waals surface area (Å²) in [5, 5.41) is 3.31. The lowest BCUT2D eigenvalue weighted by Gasteiger charge is -2.32. The molecule has 2 aromatic rings. The van der Waals surface area contributed by atoms with Crippen molar-refractivity contribution in [1.29, 1.82) is 0 Å². The Balaban J connectivity index is 1.46. The Morgan fingerprint density at radius 1 is 1.23 bits per heavy atom. The topological polar surface area (TPSA) is 73.7 Å². The normalized spacial score (nSPS) is 23.9. The van der Waals surface area contributed by atoms with E-state index in [1.54, 1.807) is 4.52 Å². The van der Waals surface area contributed by atoms with Gasteiger partial charge in [-0.1, -0.05) is 26.7 Å². The first-order chi connectivity index (χ1) is 14.6. The Labute approximate surface area is 177 Å². The second-order valence-corrected chi connectivity index (χ2v) is 9.41. The SMILES string of the molecule is CCC(C)C(=O)N1CCCC1c1cc2nc3c(c(=O)n2[nH]1)CN(C1CCCC1)CC3. The van der Waals surface area contributed by atoms with E-state index in [4.69, 9.17) is 4.98 Å². The Kier molecular flexibility index (Phi) is 5.17. The van der Waals surface area contributed by atoms with Crippen LogP contribution < -0.4 is 5.56 Å². The number of hydrogen-bond donors (Lipinski definition) is 1. The summed E-state index contributed by atoms with van der Waals surface area (Å²) >= 11 is 0. The molecule has 5 rings (SSSR count). The molecule has 2 atom stereocenters. The summed E-state index contributed by atoms with van der Waals surface area (Å²) in [6, 6.07) is 2.62. The van der Waals surface area contributed by atoms with E-state index in [-0.39, 0.29) is 23.4 Å². The molecule has 0 aromatic carbocycles. The van der Waals surface area contributed by atoms with Crippen molar-refractivity contribution < 1.29 is 4.79 Å². The molecule has 30 heavy (non-hydrogen) atoms. The molecule has 2 aromatic heterocycles. The number of carbonyl (C=O) groups is 1. The minimum absolute atomic E-state index is 0.0135. The first-order valence-corrected chi connectivity index (χ1v) is 11.7. The van der Waals surface area contributed by atoms with Gasteiger partial charge in [0.2, 0.25) is 5.91 Å². The summed E-state index contributed by atoms with van der Waals surface area (Å²) in [5.41, 5.74) is 3.45. The minimum atomic E-state index is 0.0135. The molecule has 0 bridgehead atoms. The standard InChI is InChI=1S/C23H33N5O2/c1-3-15(2)22(29)27-11-6-9-20(27)19-13-21-24-18-10-12-26(16-7-4-5-8-16)14-17(18)23(30)28(21)25-19/h13,15-16,20,25H,3-12,14H2,1-2H3. The third kappa shape index (κ3) is 3.27. The van der Waals surface area contributed by atoms with E-state index in [1.165, 1.54) is 25.7 Å². The van der Waals surface area contributed by atoms with E-state index in [0.717, 1.165) is 55.7 Å². The van der Waals surface area contributed by atoms with Crippen molar-refractivity contribution in [2.75, 3.05) is 13.1 Å². The fourth-order valence-electron chi connectivity index (χ4n) is 5.58. The van der Waals surface area contributed by atoms with Crippen molar-refractivity contribution in [3.8, 4) is 0 Å². The summed E-state index contributed by atoms with van der Waals surface area (Å²) < 4.78 is 1.61. The molecule has 2 fully saturated rings. The van der Waals surface area contributed by atoms with Crippen LogP contribution in [0.5, 0.6) is 0 Å². The molecule has 1 N–H and O–H groups in total. The maximum absolute atomic E-state index is 13.3. The third-order valence-corrected chi connectivity index (χ3v) is 7.58. The smallest absolute Gasteiger partial charge is 0.277 e. The lowest BCUT2D eigenvalue weighted by molar-refractivity contribution is -0.136. The van der Waals surface area contributed by atoms with Crippen LogP contribution in [0.3, 0.4) is 0 Å². The van der Waals surface area contributed by atoms with Gasteiger partial charge in [0.25, 0.3) is 5.56 Å². The van der Waals surface area contributed by atoms with Gasteiger partial charge in [-0.3, -0.25) is 19.6 Å². The van der Waals surface area contributed by atoms with Gasteiger partial charge in [-0.15, -0.1) is 0 Å². The summed E-state index contributed by atoms with van der Waals surface area (Å²) in [6.07, 6.45) is 8.73. The number of rotatable bonds is 4. The number of aromatic nitrogens is 3. The molecule has 1 amide bonds. The second kappa shape index (κ2) is 7.84. The molecule has 1 saturated carbocycles. The van der Waals surface area contributed by atoms with Gasteiger partial charge in [-0.05, 0) is 32.1 Å². The van der Waals surface area contributed by atoms with Crippen molar-refractivity contribution in [3.05, 3.63) is 33.4 Å². The Morgan fingerprint density at radius 3 is 2.80 bits per heavy atom. The van der Waals surface area contributed by atoms with Crippen LogP contribution in [0.25, 0.3) is 5.65 Å². The van der Waals surface area contributed by atoms with E-state index in [2.05, 4.69) is 16.9 Å². The van der Waals surface area contributed by atoms with Crippen LogP contribution in [0.2, 0.25) is 0 Å². The Morgan fingerprint density at radius 2 is 2.03 bits per heavy atom. The van der Waals surface area contributed by atoms with Crippen LogP contribution in [0.15, 0.2) is 10.9 Å². The number of likely N-dealkylation sites (tertiary alicyclic amines) is 1. The number of aromatic amines is 1. The van der Waals surface area contributed by atoms with E-state index < -0.39 is 0 Å². The molecule has 1 saturated heterocycles. The van der Waals surface area contributed by atoms with E-state index in [0.29, 0.717) is 18.2 Å².